The number of halogens is 1. The van der Waals surface area contributed by atoms with Gasteiger partial charge in [0.2, 0.25) is 11.8 Å². The first kappa shape index (κ1) is 19.8. The van der Waals surface area contributed by atoms with E-state index in [1.54, 1.807) is 6.07 Å². The molecule has 1 fully saturated rings. The number of nitrogens with one attached hydrogen (secondary N) is 1. The van der Waals surface area contributed by atoms with Gasteiger partial charge in [-0.1, -0.05) is 18.2 Å². The van der Waals surface area contributed by atoms with Gasteiger partial charge in [0.25, 0.3) is 0 Å². The molecule has 0 aliphatic carbocycles. The molecular weight excluding hydrogens is 393 g/mol. The van der Waals surface area contributed by atoms with E-state index in [0.29, 0.717) is 31.3 Å². The van der Waals surface area contributed by atoms with Crippen LogP contribution in [0.2, 0.25) is 0 Å². The molecule has 1 atom stereocenters. The van der Waals surface area contributed by atoms with Crippen molar-refractivity contribution < 1.29 is 18.3 Å². The van der Waals surface area contributed by atoms with Crippen molar-refractivity contribution in [2.75, 3.05) is 32.8 Å². The van der Waals surface area contributed by atoms with Gasteiger partial charge < -0.3 is 14.5 Å². The molecule has 0 radical (unpaired) electrons. The van der Waals surface area contributed by atoms with E-state index in [2.05, 4.69) is 15.2 Å². The smallest absolute Gasteiger partial charge is 0.236 e. The molecule has 152 valence electrons. The van der Waals surface area contributed by atoms with Crippen LogP contribution in [0.4, 0.5) is 4.39 Å². The largest absolute Gasteiger partial charge is 0.444 e. The highest BCUT2D eigenvalue weighted by Crippen LogP contribution is 2.24. The molecule has 3 heterocycles. The Morgan fingerprint density at radius 1 is 1.28 bits per heavy atom. The van der Waals surface area contributed by atoms with Gasteiger partial charge >= 0.3 is 0 Å². The maximum Gasteiger partial charge on any atom is 0.236 e. The number of rotatable bonds is 7. The second kappa shape index (κ2) is 9.30. The Morgan fingerprint density at radius 3 is 2.90 bits per heavy atom. The lowest BCUT2D eigenvalue weighted by Gasteiger charge is -2.35. The topological polar surface area (TPSA) is 67.6 Å². The fourth-order valence-corrected chi connectivity index (χ4v) is 4.06. The van der Waals surface area contributed by atoms with Gasteiger partial charge in [-0.05, 0) is 29.1 Å². The molecule has 1 N–H and O–H groups in total. The van der Waals surface area contributed by atoms with Crippen LogP contribution in [-0.2, 0) is 16.0 Å². The lowest BCUT2D eigenvalue weighted by atomic mass is 10.0. The predicted octanol–water partition coefficient (Wildman–Crippen LogP) is 3.27. The normalized spacial score (nSPS) is 15.9. The number of ether oxygens (including phenoxy) is 1. The summed E-state index contributed by atoms with van der Waals surface area (Å²) in [4.78, 5) is 20.0. The summed E-state index contributed by atoms with van der Waals surface area (Å²) in [6.45, 7) is 3.13. The summed E-state index contributed by atoms with van der Waals surface area (Å²) < 4.78 is 24.6. The Morgan fingerprint density at radius 2 is 2.14 bits per heavy atom. The molecule has 3 aromatic rings. The lowest BCUT2D eigenvalue weighted by molar-refractivity contribution is -0.120. The van der Waals surface area contributed by atoms with E-state index in [4.69, 9.17) is 9.15 Å². The predicted molar refractivity (Wildman–Crippen MR) is 108 cm³/mol. The molecule has 0 saturated carbocycles. The quantitative estimate of drug-likeness (QED) is 0.642. The highest BCUT2D eigenvalue weighted by molar-refractivity contribution is 7.13. The third kappa shape index (κ3) is 5.09. The fourth-order valence-electron chi connectivity index (χ4n) is 3.40. The number of hydrogen-bond donors (Lipinski definition) is 1. The maximum absolute atomic E-state index is 13.8. The summed E-state index contributed by atoms with van der Waals surface area (Å²) in [6.07, 6.45) is 1.65. The van der Waals surface area contributed by atoms with Gasteiger partial charge in [-0.15, -0.1) is 11.3 Å². The van der Waals surface area contributed by atoms with Crippen molar-refractivity contribution in [3.8, 4) is 10.8 Å². The second-order valence-electron chi connectivity index (χ2n) is 6.82. The fraction of sp³-hybridized carbons (Fsp3) is 0.333. The Hall–Kier alpha value is -2.55. The van der Waals surface area contributed by atoms with Crippen LogP contribution >= 0.6 is 11.3 Å². The zero-order valence-corrected chi connectivity index (χ0v) is 16.7. The molecule has 1 amide bonds. The minimum Gasteiger partial charge on any atom is -0.444 e. The Labute approximate surface area is 172 Å². The Balaban J connectivity index is 1.39. The standard InChI is InChI=1S/C21H22FN3O3S/c22-16-4-1-3-15(11-16)18(25-6-8-27-9-7-25)13-23-20(26)12-17-14-28-21(24-17)19-5-2-10-29-19/h1-5,10-11,14,18H,6-9,12-13H2,(H,23,26). The number of oxazole rings is 1. The first-order chi connectivity index (χ1) is 14.2. The third-order valence-electron chi connectivity index (χ3n) is 4.84. The number of aromatic nitrogens is 1. The number of amides is 1. The zero-order valence-electron chi connectivity index (χ0n) is 15.8. The van der Waals surface area contributed by atoms with E-state index in [-0.39, 0.29) is 24.2 Å². The number of hydrogen-bond acceptors (Lipinski definition) is 6. The second-order valence-corrected chi connectivity index (χ2v) is 7.77. The SMILES string of the molecule is O=C(Cc1coc(-c2cccs2)n1)NCC(c1cccc(F)c1)N1CCOCC1. The van der Waals surface area contributed by atoms with Crippen LogP contribution in [0.25, 0.3) is 10.8 Å². The van der Waals surface area contributed by atoms with E-state index in [0.717, 1.165) is 23.5 Å². The van der Waals surface area contributed by atoms with E-state index in [9.17, 15) is 9.18 Å². The lowest BCUT2D eigenvalue weighted by Crippen LogP contribution is -2.44. The average Bonchev–Trinajstić information content (AvgIpc) is 3.41. The van der Waals surface area contributed by atoms with Crippen molar-refractivity contribution in [1.29, 1.82) is 0 Å². The monoisotopic (exact) mass is 415 g/mol. The summed E-state index contributed by atoms with van der Waals surface area (Å²) >= 11 is 1.53. The van der Waals surface area contributed by atoms with Crippen LogP contribution in [0.15, 0.2) is 52.5 Å². The molecule has 8 heteroatoms. The molecule has 6 nitrogen and oxygen atoms in total. The number of carbonyl (C=O) groups is 1. The van der Waals surface area contributed by atoms with Gasteiger partial charge in [0, 0.05) is 19.6 Å². The first-order valence-electron chi connectivity index (χ1n) is 9.51. The van der Waals surface area contributed by atoms with E-state index in [1.165, 1.54) is 29.7 Å². The minimum absolute atomic E-state index is 0.113. The summed E-state index contributed by atoms with van der Waals surface area (Å²) in [5.74, 6) is 0.0928. The molecular formula is C21H22FN3O3S. The summed E-state index contributed by atoms with van der Waals surface area (Å²) in [6, 6.07) is 10.3. The van der Waals surface area contributed by atoms with Crippen molar-refractivity contribution in [2.24, 2.45) is 0 Å². The minimum atomic E-state index is -0.282. The van der Waals surface area contributed by atoms with E-state index in [1.807, 2.05) is 23.6 Å². The molecule has 1 aliphatic rings. The molecule has 1 saturated heterocycles. The third-order valence-corrected chi connectivity index (χ3v) is 5.70. The van der Waals surface area contributed by atoms with Crippen molar-refractivity contribution in [3.63, 3.8) is 0 Å². The molecule has 4 rings (SSSR count). The number of carbonyl (C=O) groups excluding carboxylic acids is 1. The molecule has 1 aromatic carbocycles. The zero-order chi connectivity index (χ0) is 20.1. The van der Waals surface area contributed by atoms with Crippen LogP contribution in [0, 0.1) is 5.82 Å². The summed E-state index contributed by atoms with van der Waals surface area (Å²) in [5.41, 5.74) is 1.42. The van der Waals surface area contributed by atoms with Gasteiger partial charge in [0.1, 0.15) is 12.1 Å². The molecule has 1 aliphatic heterocycles. The van der Waals surface area contributed by atoms with Gasteiger partial charge in [-0.3, -0.25) is 9.69 Å². The number of morpholine rings is 1. The highest BCUT2D eigenvalue weighted by atomic mass is 32.1. The maximum atomic E-state index is 13.8. The van der Waals surface area contributed by atoms with Crippen molar-refractivity contribution >= 4 is 17.2 Å². The van der Waals surface area contributed by atoms with Crippen LogP contribution < -0.4 is 5.32 Å². The van der Waals surface area contributed by atoms with Crippen LogP contribution in [-0.4, -0.2) is 48.6 Å². The van der Waals surface area contributed by atoms with E-state index >= 15 is 0 Å². The molecule has 0 bridgehead atoms. The Kier molecular flexibility index (Phi) is 6.33. The van der Waals surface area contributed by atoms with Crippen LogP contribution in [0.5, 0.6) is 0 Å². The molecule has 29 heavy (non-hydrogen) atoms. The van der Waals surface area contributed by atoms with Gasteiger partial charge in [0.05, 0.1) is 36.2 Å². The van der Waals surface area contributed by atoms with Crippen molar-refractivity contribution in [1.82, 2.24) is 15.2 Å². The van der Waals surface area contributed by atoms with Gasteiger partial charge in [-0.2, -0.15) is 0 Å². The number of thiophene rings is 1. The van der Waals surface area contributed by atoms with Crippen LogP contribution in [0.1, 0.15) is 17.3 Å². The number of nitrogens with zero attached hydrogens (tertiary/aromatic N) is 2. The first-order valence-corrected chi connectivity index (χ1v) is 10.4. The number of benzene rings is 1. The van der Waals surface area contributed by atoms with Crippen molar-refractivity contribution in [3.05, 3.63) is 65.1 Å². The van der Waals surface area contributed by atoms with Crippen LogP contribution in [0.3, 0.4) is 0 Å². The highest BCUT2D eigenvalue weighted by Gasteiger charge is 2.24. The molecule has 2 aromatic heterocycles. The average molecular weight is 415 g/mol. The molecule has 1 unspecified atom stereocenters. The molecule has 0 spiro atoms. The van der Waals surface area contributed by atoms with Gasteiger partial charge in [0.15, 0.2) is 0 Å². The summed E-state index contributed by atoms with van der Waals surface area (Å²) in [5, 5.41) is 4.92. The van der Waals surface area contributed by atoms with E-state index < -0.39 is 0 Å². The van der Waals surface area contributed by atoms with Crippen molar-refractivity contribution in [2.45, 2.75) is 12.5 Å². The summed E-state index contributed by atoms with van der Waals surface area (Å²) in [7, 11) is 0. The Bertz CT molecular complexity index is 938. The van der Waals surface area contributed by atoms with Gasteiger partial charge in [-0.25, -0.2) is 9.37 Å².